The summed E-state index contributed by atoms with van der Waals surface area (Å²) in [6.45, 7) is 13.9. The number of likely N-dealkylation sites (N-methyl/N-ethyl adjacent to an activating group) is 1. The van der Waals surface area contributed by atoms with Crippen LogP contribution in [0.1, 0.15) is 37.9 Å². The molecule has 1 atom stereocenters. The molecule has 0 aliphatic carbocycles. The number of ether oxygens (including phenoxy) is 4. The summed E-state index contributed by atoms with van der Waals surface area (Å²) < 4.78 is 22.8. The fourth-order valence-corrected chi connectivity index (χ4v) is 4.90. The molecule has 2 aromatic carbocycles. The third-order valence-electron chi connectivity index (χ3n) is 6.98. The van der Waals surface area contributed by atoms with Gasteiger partial charge in [-0.2, -0.15) is 0 Å². The predicted octanol–water partition coefficient (Wildman–Crippen LogP) is 1.57. The Balaban J connectivity index is 1.82. The standard InChI is InChI=1S/C30H36N2O7/c1-5-15-37-22-11-9-20(18-24(22)36-8-4)27-26(29(34)30(35)32(27)14-13-31(6-2)7-3)28(33)21-10-12-23-25(19-21)39-17-16-38-23/h5,9-12,18-19,27,33H,1,6-8,13-17H2,2-4H3/b28-26+. The topological polar surface area (TPSA) is 102 Å². The van der Waals surface area contributed by atoms with Crippen LogP contribution in [0.25, 0.3) is 5.76 Å². The van der Waals surface area contributed by atoms with Crippen molar-refractivity contribution < 1.29 is 38.5 Å². The van der Waals surface area contributed by atoms with Crippen molar-refractivity contribution in [1.82, 2.24) is 4.90 Å². The third-order valence-corrected chi connectivity index (χ3v) is 6.98. The molecule has 2 aromatic rings. The average molecular weight is 537 g/mol. The number of nitrogens with one attached hydrogen (secondary N) is 1. The molecule has 9 heteroatoms. The Morgan fingerprint density at radius 3 is 2.49 bits per heavy atom. The molecule has 1 unspecified atom stereocenters. The van der Waals surface area contributed by atoms with Gasteiger partial charge in [-0.3, -0.25) is 9.59 Å². The minimum Gasteiger partial charge on any atom is -0.872 e. The maximum absolute atomic E-state index is 13.9. The molecular formula is C30H36N2O7. The number of hydrogen-bond acceptors (Lipinski definition) is 7. The number of carbonyl (C=O) groups excluding carboxylic acids is 2. The summed E-state index contributed by atoms with van der Waals surface area (Å²) in [5.41, 5.74) is 0.764. The molecule has 1 fully saturated rings. The van der Waals surface area contributed by atoms with Crippen LogP contribution in [0.2, 0.25) is 0 Å². The Bertz CT molecular complexity index is 1250. The van der Waals surface area contributed by atoms with Gasteiger partial charge in [-0.05, 0) is 56.2 Å². The lowest BCUT2D eigenvalue weighted by atomic mass is 9.94. The highest BCUT2D eigenvalue weighted by atomic mass is 16.6. The van der Waals surface area contributed by atoms with E-state index < -0.39 is 23.5 Å². The molecule has 0 aromatic heterocycles. The molecular weight excluding hydrogens is 500 g/mol. The first-order valence-corrected chi connectivity index (χ1v) is 13.4. The lowest BCUT2D eigenvalue weighted by Gasteiger charge is -2.29. The molecule has 2 aliphatic rings. The number of rotatable bonds is 12. The van der Waals surface area contributed by atoms with Gasteiger partial charge in [-0.25, -0.2) is 0 Å². The number of likely N-dealkylation sites (tertiary alicyclic amines) is 1. The van der Waals surface area contributed by atoms with Crippen LogP contribution in [0.5, 0.6) is 23.0 Å². The van der Waals surface area contributed by atoms with E-state index in [1.807, 2.05) is 6.92 Å². The Labute approximate surface area is 229 Å². The zero-order valence-corrected chi connectivity index (χ0v) is 22.8. The van der Waals surface area contributed by atoms with E-state index in [1.165, 1.54) is 9.80 Å². The van der Waals surface area contributed by atoms with Crippen molar-refractivity contribution in [2.75, 3.05) is 52.6 Å². The fourth-order valence-electron chi connectivity index (χ4n) is 4.90. The van der Waals surface area contributed by atoms with Crippen LogP contribution in [0.3, 0.4) is 0 Å². The second kappa shape index (κ2) is 12.7. The van der Waals surface area contributed by atoms with Crippen molar-refractivity contribution in [2.45, 2.75) is 26.8 Å². The van der Waals surface area contributed by atoms with Crippen molar-refractivity contribution in [3.05, 3.63) is 65.8 Å². The average Bonchev–Trinajstić information content (AvgIpc) is 3.21. The van der Waals surface area contributed by atoms with Gasteiger partial charge in [0.15, 0.2) is 23.0 Å². The number of quaternary nitrogens is 1. The van der Waals surface area contributed by atoms with Crippen LogP contribution in [0.4, 0.5) is 0 Å². The molecule has 0 spiro atoms. The first-order chi connectivity index (χ1) is 18.9. The second-order valence-corrected chi connectivity index (χ2v) is 9.28. The van der Waals surface area contributed by atoms with E-state index in [0.29, 0.717) is 68.1 Å². The van der Waals surface area contributed by atoms with Crippen LogP contribution in [0, 0.1) is 0 Å². The van der Waals surface area contributed by atoms with Gasteiger partial charge >= 0.3 is 0 Å². The SMILES string of the molecule is C=CCOc1ccc(C2/C(=C(\[O-])c3ccc4c(c3)OCCO4)C(=O)C(=O)N2CC[NH+](CC)CC)cc1OCC. The van der Waals surface area contributed by atoms with Crippen LogP contribution in [-0.2, 0) is 9.59 Å². The van der Waals surface area contributed by atoms with Gasteiger partial charge in [0.25, 0.3) is 5.91 Å². The Hall–Kier alpha value is -3.98. The van der Waals surface area contributed by atoms with Gasteiger partial charge in [0.1, 0.15) is 19.8 Å². The Kier molecular flexibility index (Phi) is 9.14. The molecule has 9 nitrogen and oxygen atoms in total. The Morgan fingerprint density at radius 1 is 1.05 bits per heavy atom. The molecule has 0 bridgehead atoms. The summed E-state index contributed by atoms with van der Waals surface area (Å²) >= 11 is 0. The highest BCUT2D eigenvalue weighted by Gasteiger charge is 2.44. The quantitative estimate of drug-likeness (QED) is 0.190. The zero-order chi connectivity index (χ0) is 27.9. The molecule has 1 amide bonds. The number of hydrogen-bond donors (Lipinski definition) is 1. The fraction of sp³-hybridized carbons (Fsp3) is 0.400. The summed E-state index contributed by atoms with van der Waals surface area (Å²) in [7, 11) is 0. The van der Waals surface area contributed by atoms with E-state index >= 15 is 0 Å². The van der Waals surface area contributed by atoms with Gasteiger partial charge in [0, 0.05) is 5.57 Å². The number of fused-ring (bicyclic) bond motifs is 1. The maximum atomic E-state index is 13.9. The monoisotopic (exact) mass is 536 g/mol. The van der Waals surface area contributed by atoms with E-state index in [4.69, 9.17) is 18.9 Å². The number of Topliss-reactive ketones (excluding diaryl/α,β-unsaturated/α-hetero) is 1. The number of ketones is 1. The molecule has 2 aliphatic heterocycles. The molecule has 208 valence electrons. The largest absolute Gasteiger partial charge is 0.872 e. The smallest absolute Gasteiger partial charge is 0.295 e. The number of benzene rings is 2. The van der Waals surface area contributed by atoms with Gasteiger partial charge in [-0.15, -0.1) is 0 Å². The van der Waals surface area contributed by atoms with Crippen molar-refractivity contribution in [3.8, 4) is 23.0 Å². The van der Waals surface area contributed by atoms with Gasteiger partial charge in [-0.1, -0.05) is 30.5 Å². The highest BCUT2D eigenvalue weighted by molar-refractivity contribution is 6.46. The molecule has 39 heavy (non-hydrogen) atoms. The lowest BCUT2D eigenvalue weighted by molar-refractivity contribution is -0.895. The first-order valence-electron chi connectivity index (χ1n) is 13.4. The lowest BCUT2D eigenvalue weighted by Crippen LogP contribution is -3.12. The van der Waals surface area contributed by atoms with Crippen molar-refractivity contribution in [2.24, 2.45) is 0 Å². The van der Waals surface area contributed by atoms with Crippen LogP contribution in [-0.4, -0.2) is 69.2 Å². The van der Waals surface area contributed by atoms with Crippen LogP contribution in [0.15, 0.2) is 54.6 Å². The van der Waals surface area contributed by atoms with E-state index in [2.05, 4.69) is 20.4 Å². The minimum atomic E-state index is -0.867. The van der Waals surface area contributed by atoms with Gasteiger partial charge in [0.05, 0.1) is 38.8 Å². The summed E-state index contributed by atoms with van der Waals surface area (Å²) in [6, 6.07) is 9.19. The summed E-state index contributed by atoms with van der Waals surface area (Å²) in [5.74, 6) is -0.0485. The number of amides is 1. The molecule has 0 saturated carbocycles. The Morgan fingerprint density at radius 2 is 1.79 bits per heavy atom. The maximum Gasteiger partial charge on any atom is 0.295 e. The third kappa shape index (κ3) is 5.88. The molecule has 2 heterocycles. The van der Waals surface area contributed by atoms with E-state index in [9.17, 15) is 14.7 Å². The zero-order valence-electron chi connectivity index (χ0n) is 22.8. The van der Waals surface area contributed by atoms with Crippen molar-refractivity contribution in [1.29, 1.82) is 0 Å². The van der Waals surface area contributed by atoms with Crippen LogP contribution >= 0.6 is 0 Å². The number of carbonyl (C=O) groups is 2. The van der Waals surface area contributed by atoms with Gasteiger partial charge in [0.2, 0.25) is 5.78 Å². The second-order valence-electron chi connectivity index (χ2n) is 9.28. The normalized spacial score (nSPS) is 17.9. The van der Waals surface area contributed by atoms with Crippen molar-refractivity contribution >= 4 is 17.4 Å². The highest BCUT2D eigenvalue weighted by Crippen LogP contribution is 2.42. The molecule has 0 radical (unpaired) electrons. The van der Waals surface area contributed by atoms with Crippen molar-refractivity contribution in [3.63, 3.8) is 0 Å². The molecule has 1 saturated heterocycles. The predicted molar refractivity (Wildman–Crippen MR) is 144 cm³/mol. The summed E-state index contributed by atoms with van der Waals surface area (Å²) in [6.07, 6.45) is 1.63. The summed E-state index contributed by atoms with van der Waals surface area (Å²) in [4.78, 5) is 29.6. The number of nitrogens with zero attached hydrogens (tertiary/aromatic N) is 1. The van der Waals surface area contributed by atoms with Crippen LogP contribution < -0.4 is 29.0 Å². The molecule has 1 N–H and O–H groups in total. The van der Waals surface area contributed by atoms with E-state index in [0.717, 1.165) is 13.1 Å². The van der Waals surface area contributed by atoms with E-state index in [1.54, 1.807) is 42.5 Å². The minimum absolute atomic E-state index is 0.0894. The van der Waals surface area contributed by atoms with E-state index in [-0.39, 0.29) is 11.1 Å². The summed E-state index contributed by atoms with van der Waals surface area (Å²) in [5, 5.41) is 13.9. The van der Waals surface area contributed by atoms with Gasteiger partial charge < -0.3 is 33.9 Å². The first kappa shape index (κ1) is 28.0. The molecule has 4 rings (SSSR count).